The van der Waals surface area contributed by atoms with E-state index in [9.17, 15) is 9.59 Å². The Bertz CT molecular complexity index is 407. The summed E-state index contributed by atoms with van der Waals surface area (Å²) in [6, 6.07) is 0. The molecule has 0 rings (SSSR count). The van der Waals surface area contributed by atoms with Gasteiger partial charge in [-0.2, -0.15) is 4.89 Å². The van der Waals surface area contributed by atoms with Gasteiger partial charge < -0.3 is 4.74 Å². The quantitative estimate of drug-likeness (QED) is 0.252. The van der Waals surface area contributed by atoms with Crippen molar-refractivity contribution in [3.63, 3.8) is 0 Å². The summed E-state index contributed by atoms with van der Waals surface area (Å²) in [7, 11) is 0. The molecule has 0 aliphatic rings. The van der Waals surface area contributed by atoms with Crippen LogP contribution < -0.4 is 0 Å². The van der Waals surface area contributed by atoms with Gasteiger partial charge in [0.15, 0.2) is 0 Å². The molecule has 0 aromatic heterocycles. The molecule has 2 unspecified atom stereocenters. The van der Waals surface area contributed by atoms with Crippen molar-refractivity contribution < 1.29 is 33.9 Å². The summed E-state index contributed by atoms with van der Waals surface area (Å²) >= 11 is 0. The lowest BCUT2D eigenvalue weighted by atomic mass is 10.2. The standard InChI is InChI=1S/C18H34O7/c1-9-10-11-12-14(19)21-15(13(2)22-24-17(3,4)5)16(20)23-25-18(6,7)8/h13,15H,9-12H2,1-8H3. The molecule has 148 valence electrons. The molecule has 0 saturated carbocycles. The van der Waals surface area contributed by atoms with Gasteiger partial charge in [0.25, 0.3) is 0 Å². The maximum atomic E-state index is 12.3. The van der Waals surface area contributed by atoms with Crippen molar-refractivity contribution in [1.29, 1.82) is 0 Å². The third kappa shape index (κ3) is 12.8. The Morgan fingerprint density at radius 3 is 1.96 bits per heavy atom. The molecule has 0 fully saturated rings. The minimum atomic E-state index is -1.28. The molecule has 0 aromatic carbocycles. The fourth-order valence-corrected chi connectivity index (χ4v) is 1.54. The van der Waals surface area contributed by atoms with Gasteiger partial charge in [0.05, 0.1) is 5.60 Å². The van der Waals surface area contributed by atoms with Crippen LogP contribution in [0.25, 0.3) is 0 Å². The van der Waals surface area contributed by atoms with Crippen molar-refractivity contribution >= 4 is 11.9 Å². The molecule has 0 bridgehead atoms. The SMILES string of the molecule is CCCCCC(=O)OC(C(=O)OOC(C)(C)C)C(C)OOC(C)(C)C. The molecule has 0 aliphatic carbocycles. The average Bonchev–Trinajstić information content (AvgIpc) is 2.46. The van der Waals surface area contributed by atoms with E-state index in [1.54, 1.807) is 48.5 Å². The van der Waals surface area contributed by atoms with Crippen molar-refractivity contribution in [2.45, 2.75) is 104 Å². The fourth-order valence-electron chi connectivity index (χ4n) is 1.54. The molecular weight excluding hydrogens is 328 g/mol. The van der Waals surface area contributed by atoms with Crippen LogP contribution in [-0.2, 0) is 33.9 Å². The highest BCUT2D eigenvalue weighted by Crippen LogP contribution is 2.16. The summed E-state index contributed by atoms with van der Waals surface area (Å²) in [4.78, 5) is 44.5. The topological polar surface area (TPSA) is 80.3 Å². The summed E-state index contributed by atoms with van der Waals surface area (Å²) < 4.78 is 5.25. The zero-order valence-corrected chi connectivity index (χ0v) is 16.8. The first-order valence-electron chi connectivity index (χ1n) is 8.79. The Balaban J connectivity index is 4.84. The van der Waals surface area contributed by atoms with Crippen molar-refractivity contribution in [1.82, 2.24) is 0 Å². The van der Waals surface area contributed by atoms with Crippen molar-refractivity contribution in [3.05, 3.63) is 0 Å². The zero-order valence-electron chi connectivity index (χ0n) is 16.8. The van der Waals surface area contributed by atoms with Gasteiger partial charge in [-0.1, -0.05) is 19.8 Å². The van der Waals surface area contributed by atoms with Crippen LogP contribution in [0.1, 0.15) is 81.1 Å². The van der Waals surface area contributed by atoms with E-state index in [0.29, 0.717) is 6.42 Å². The van der Waals surface area contributed by atoms with Gasteiger partial charge >= 0.3 is 11.9 Å². The number of hydrogen-bond donors (Lipinski definition) is 0. The predicted molar refractivity (Wildman–Crippen MR) is 92.3 cm³/mol. The number of esters is 1. The summed E-state index contributed by atoms with van der Waals surface area (Å²) in [5, 5.41) is 0. The maximum Gasteiger partial charge on any atom is 0.385 e. The number of unbranched alkanes of at least 4 members (excludes halogenated alkanes) is 2. The lowest BCUT2D eigenvalue weighted by Gasteiger charge is -2.26. The minimum absolute atomic E-state index is 0.227. The lowest BCUT2D eigenvalue weighted by Crippen LogP contribution is -2.41. The van der Waals surface area contributed by atoms with E-state index in [-0.39, 0.29) is 6.42 Å². The lowest BCUT2D eigenvalue weighted by molar-refractivity contribution is -0.383. The van der Waals surface area contributed by atoms with Gasteiger partial charge in [-0.05, 0) is 54.9 Å². The minimum Gasteiger partial charge on any atom is -0.447 e. The molecule has 7 nitrogen and oxygen atoms in total. The van der Waals surface area contributed by atoms with Gasteiger partial charge in [-0.3, -0.25) is 9.68 Å². The fraction of sp³-hybridized carbons (Fsp3) is 0.889. The summed E-state index contributed by atoms with van der Waals surface area (Å²) in [6.45, 7) is 14.2. The third-order valence-electron chi connectivity index (χ3n) is 2.73. The third-order valence-corrected chi connectivity index (χ3v) is 2.73. The van der Waals surface area contributed by atoms with Crippen LogP contribution in [0.15, 0.2) is 0 Å². The molecule has 0 amide bonds. The van der Waals surface area contributed by atoms with Crippen LogP contribution in [-0.4, -0.2) is 35.3 Å². The van der Waals surface area contributed by atoms with Crippen LogP contribution >= 0.6 is 0 Å². The molecule has 0 radical (unpaired) electrons. The van der Waals surface area contributed by atoms with Gasteiger partial charge in [0, 0.05) is 6.42 Å². The molecule has 0 heterocycles. The van der Waals surface area contributed by atoms with E-state index in [4.69, 9.17) is 24.3 Å². The Kier molecular flexibility index (Phi) is 10.2. The normalized spacial score (nSPS) is 14.7. The maximum absolute atomic E-state index is 12.3. The number of carbonyl (C=O) groups excluding carboxylic acids is 2. The Morgan fingerprint density at radius 1 is 0.920 bits per heavy atom. The smallest absolute Gasteiger partial charge is 0.385 e. The van der Waals surface area contributed by atoms with Crippen molar-refractivity contribution in [3.8, 4) is 0 Å². The Morgan fingerprint density at radius 2 is 1.48 bits per heavy atom. The van der Waals surface area contributed by atoms with Crippen LogP contribution in [0.4, 0.5) is 0 Å². The Labute approximate surface area is 151 Å². The second-order valence-electron chi connectivity index (χ2n) is 7.96. The molecule has 7 heteroatoms. The highest BCUT2D eigenvalue weighted by Gasteiger charge is 2.35. The molecule has 0 spiro atoms. The predicted octanol–water partition coefficient (Wildman–Crippen LogP) is 3.89. The van der Waals surface area contributed by atoms with Crippen molar-refractivity contribution in [2.24, 2.45) is 0 Å². The monoisotopic (exact) mass is 362 g/mol. The molecular formula is C18H34O7. The van der Waals surface area contributed by atoms with E-state index in [1.165, 1.54) is 0 Å². The van der Waals surface area contributed by atoms with Crippen LogP contribution in [0.5, 0.6) is 0 Å². The number of carbonyl (C=O) groups is 2. The van der Waals surface area contributed by atoms with Crippen LogP contribution in [0.2, 0.25) is 0 Å². The van der Waals surface area contributed by atoms with Gasteiger partial charge in [0.1, 0.15) is 11.7 Å². The highest BCUT2D eigenvalue weighted by molar-refractivity contribution is 5.79. The summed E-state index contributed by atoms with van der Waals surface area (Å²) in [6.07, 6.45) is 0.686. The van der Waals surface area contributed by atoms with Gasteiger partial charge in [-0.25, -0.2) is 14.6 Å². The second-order valence-corrected chi connectivity index (χ2v) is 7.96. The van der Waals surface area contributed by atoms with Crippen LogP contribution in [0.3, 0.4) is 0 Å². The number of rotatable bonds is 10. The summed E-state index contributed by atoms with van der Waals surface area (Å²) in [5.74, 6) is -1.33. The molecule has 0 N–H and O–H groups in total. The van der Waals surface area contributed by atoms with E-state index < -0.39 is 35.3 Å². The number of ether oxygens (including phenoxy) is 1. The molecule has 0 aliphatic heterocycles. The highest BCUT2D eigenvalue weighted by atomic mass is 17.2. The molecule has 0 saturated heterocycles. The van der Waals surface area contributed by atoms with E-state index >= 15 is 0 Å². The van der Waals surface area contributed by atoms with E-state index in [0.717, 1.165) is 12.8 Å². The van der Waals surface area contributed by atoms with Gasteiger partial charge in [-0.15, -0.1) is 0 Å². The van der Waals surface area contributed by atoms with E-state index in [2.05, 4.69) is 0 Å². The summed E-state index contributed by atoms with van der Waals surface area (Å²) in [5.41, 5.74) is -1.26. The van der Waals surface area contributed by atoms with E-state index in [1.807, 2.05) is 6.92 Å². The Hall–Kier alpha value is -1.18. The zero-order chi connectivity index (χ0) is 19.7. The first kappa shape index (κ1) is 23.8. The largest absolute Gasteiger partial charge is 0.447 e. The van der Waals surface area contributed by atoms with Gasteiger partial charge in [0.2, 0.25) is 6.10 Å². The number of hydrogen-bond acceptors (Lipinski definition) is 7. The average molecular weight is 362 g/mol. The van der Waals surface area contributed by atoms with Crippen molar-refractivity contribution in [2.75, 3.05) is 0 Å². The second kappa shape index (κ2) is 10.7. The molecule has 0 aromatic rings. The molecule has 25 heavy (non-hydrogen) atoms. The van der Waals surface area contributed by atoms with Crippen LogP contribution in [0, 0.1) is 0 Å². The first-order valence-corrected chi connectivity index (χ1v) is 8.79. The molecule has 2 atom stereocenters. The first-order chi connectivity index (χ1) is 11.4.